The van der Waals surface area contributed by atoms with E-state index in [1.165, 1.54) is 12.1 Å². The fourth-order valence-corrected chi connectivity index (χ4v) is 2.34. The molecule has 1 N–H and O–H groups in total. The van der Waals surface area contributed by atoms with Crippen LogP contribution in [0.1, 0.15) is 24.5 Å². The molecule has 118 valence electrons. The number of nitrogens with one attached hydrogen (secondary N) is 1. The minimum absolute atomic E-state index is 0.491. The number of nitrogens with zero attached hydrogens (tertiary/aromatic N) is 1. The van der Waals surface area contributed by atoms with Gasteiger partial charge in [-0.1, -0.05) is 6.92 Å². The molecule has 0 radical (unpaired) electrons. The Balaban J connectivity index is 2.19. The van der Waals surface area contributed by atoms with Gasteiger partial charge in [0.15, 0.2) is 0 Å². The Hall–Kier alpha value is -1.27. The van der Waals surface area contributed by atoms with Crippen LogP contribution in [0.3, 0.4) is 0 Å². The first kappa shape index (κ1) is 16.1. The molecule has 0 atom stereocenters. The Kier molecular flexibility index (Phi) is 5.47. The van der Waals surface area contributed by atoms with Crippen LogP contribution in [-0.4, -0.2) is 37.7 Å². The molecule has 2 rings (SSSR count). The van der Waals surface area contributed by atoms with E-state index in [0.717, 1.165) is 38.7 Å². The van der Waals surface area contributed by atoms with Crippen molar-refractivity contribution in [3.8, 4) is 5.75 Å². The molecule has 1 aliphatic rings. The van der Waals surface area contributed by atoms with Gasteiger partial charge in [-0.2, -0.15) is 13.2 Å². The van der Waals surface area contributed by atoms with Gasteiger partial charge in [-0.15, -0.1) is 0 Å². The zero-order chi connectivity index (χ0) is 15.3. The van der Waals surface area contributed by atoms with Gasteiger partial charge in [0.25, 0.3) is 0 Å². The Morgan fingerprint density at radius 1 is 1.24 bits per heavy atom. The molecule has 1 fully saturated rings. The normalized spacial score (nSPS) is 17.0. The highest BCUT2D eigenvalue weighted by Gasteiger charge is 2.31. The van der Waals surface area contributed by atoms with Crippen LogP contribution < -0.4 is 10.1 Å². The summed E-state index contributed by atoms with van der Waals surface area (Å²) in [5.74, 6) is 0.559. The van der Waals surface area contributed by atoms with E-state index < -0.39 is 11.7 Å². The second kappa shape index (κ2) is 7.13. The van der Waals surface area contributed by atoms with Gasteiger partial charge in [-0.3, -0.25) is 4.90 Å². The fraction of sp³-hybridized carbons (Fsp3) is 0.600. The summed E-state index contributed by atoms with van der Waals surface area (Å²) in [5, 5.41) is 3.23. The number of piperazine rings is 1. The van der Waals surface area contributed by atoms with Crippen LogP contribution in [0.15, 0.2) is 18.2 Å². The summed E-state index contributed by atoms with van der Waals surface area (Å²) in [6.45, 7) is 6.38. The minimum atomic E-state index is -4.32. The Morgan fingerprint density at radius 2 is 1.95 bits per heavy atom. The Labute approximate surface area is 123 Å². The fourth-order valence-electron chi connectivity index (χ4n) is 2.34. The molecule has 0 bridgehead atoms. The van der Waals surface area contributed by atoms with E-state index in [-0.39, 0.29) is 0 Å². The molecule has 1 aromatic rings. The summed E-state index contributed by atoms with van der Waals surface area (Å²) >= 11 is 0. The van der Waals surface area contributed by atoms with E-state index in [9.17, 15) is 13.2 Å². The van der Waals surface area contributed by atoms with Gasteiger partial charge in [0.05, 0.1) is 12.2 Å². The van der Waals surface area contributed by atoms with Gasteiger partial charge >= 0.3 is 6.18 Å². The van der Waals surface area contributed by atoms with E-state index in [1.807, 2.05) is 6.92 Å². The first-order chi connectivity index (χ1) is 10.0. The number of rotatable bonds is 5. The Bertz CT molecular complexity index is 457. The van der Waals surface area contributed by atoms with Crippen molar-refractivity contribution < 1.29 is 17.9 Å². The number of ether oxygens (including phenoxy) is 1. The van der Waals surface area contributed by atoms with Gasteiger partial charge in [0.1, 0.15) is 5.75 Å². The first-order valence-corrected chi connectivity index (χ1v) is 7.26. The van der Waals surface area contributed by atoms with E-state index in [1.54, 1.807) is 0 Å². The average Bonchev–Trinajstić information content (AvgIpc) is 2.46. The topological polar surface area (TPSA) is 24.5 Å². The third kappa shape index (κ3) is 4.61. The lowest BCUT2D eigenvalue weighted by atomic mass is 10.1. The summed E-state index contributed by atoms with van der Waals surface area (Å²) in [7, 11) is 0. The van der Waals surface area contributed by atoms with Crippen molar-refractivity contribution in [3.05, 3.63) is 29.3 Å². The lowest BCUT2D eigenvalue weighted by Crippen LogP contribution is -2.42. The van der Waals surface area contributed by atoms with Crippen LogP contribution in [0.2, 0.25) is 0 Å². The van der Waals surface area contributed by atoms with Crippen molar-refractivity contribution in [2.45, 2.75) is 26.1 Å². The minimum Gasteiger partial charge on any atom is -0.493 e. The standard InChI is InChI=1S/C15H21F3N2O/c1-2-9-21-14-4-3-13(15(16,17)18)10-12(14)11-20-7-5-19-6-8-20/h3-4,10,19H,2,5-9,11H2,1H3. The Morgan fingerprint density at radius 3 is 2.57 bits per heavy atom. The van der Waals surface area contributed by atoms with Crippen LogP contribution >= 0.6 is 0 Å². The smallest absolute Gasteiger partial charge is 0.416 e. The molecule has 0 amide bonds. The molecule has 6 heteroatoms. The van der Waals surface area contributed by atoms with Crippen molar-refractivity contribution in [1.82, 2.24) is 10.2 Å². The zero-order valence-corrected chi connectivity index (χ0v) is 12.2. The maximum Gasteiger partial charge on any atom is 0.416 e. The highest BCUT2D eigenvalue weighted by atomic mass is 19.4. The summed E-state index contributed by atoms with van der Waals surface area (Å²) in [6.07, 6.45) is -3.49. The molecule has 3 nitrogen and oxygen atoms in total. The average molecular weight is 302 g/mol. The van der Waals surface area contributed by atoms with Crippen LogP contribution in [0.25, 0.3) is 0 Å². The van der Waals surface area contributed by atoms with Crippen LogP contribution in [-0.2, 0) is 12.7 Å². The molecule has 0 aliphatic carbocycles. The monoisotopic (exact) mass is 302 g/mol. The predicted octanol–water partition coefficient (Wildman–Crippen LogP) is 2.90. The first-order valence-electron chi connectivity index (χ1n) is 7.26. The maximum absolute atomic E-state index is 12.9. The van der Waals surface area contributed by atoms with E-state index >= 15 is 0 Å². The van der Waals surface area contributed by atoms with Crippen molar-refractivity contribution in [1.29, 1.82) is 0 Å². The molecule has 0 spiro atoms. The van der Waals surface area contributed by atoms with Gasteiger partial charge in [-0.25, -0.2) is 0 Å². The second-order valence-electron chi connectivity index (χ2n) is 5.19. The van der Waals surface area contributed by atoms with Gasteiger partial charge in [-0.05, 0) is 24.6 Å². The molecular formula is C15H21F3N2O. The van der Waals surface area contributed by atoms with Crippen LogP contribution in [0, 0.1) is 0 Å². The van der Waals surface area contributed by atoms with E-state index in [0.29, 0.717) is 24.5 Å². The molecule has 1 aromatic carbocycles. The van der Waals surface area contributed by atoms with Crippen molar-refractivity contribution >= 4 is 0 Å². The van der Waals surface area contributed by atoms with Gasteiger partial charge < -0.3 is 10.1 Å². The SMILES string of the molecule is CCCOc1ccc(C(F)(F)F)cc1CN1CCNCC1. The maximum atomic E-state index is 12.9. The van der Waals surface area contributed by atoms with E-state index in [2.05, 4.69) is 10.2 Å². The third-order valence-corrected chi connectivity index (χ3v) is 3.45. The summed E-state index contributed by atoms with van der Waals surface area (Å²) in [5.41, 5.74) is -0.00309. The van der Waals surface area contributed by atoms with Gasteiger partial charge in [0, 0.05) is 38.3 Å². The number of hydrogen-bond acceptors (Lipinski definition) is 3. The second-order valence-corrected chi connectivity index (χ2v) is 5.19. The number of halogens is 3. The van der Waals surface area contributed by atoms with Crippen molar-refractivity contribution in [2.75, 3.05) is 32.8 Å². The van der Waals surface area contributed by atoms with Gasteiger partial charge in [0.2, 0.25) is 0 Å². The van der Waals surface area contributed by atoms with Crippen LogP contribution in [0.4, 0.5) is 13.2 Å². The molecule has 21 heavy (non-hydrogen) atoms. The molecule has 0 aromatic heterocycles. The third-order valence-electron chi connectivity index (χ3n) is 3.45. The lowest BCUT2D eigenvalue weighted by Gasteiger charge is -2.28. The molecule has 1 saturated heterocycles. The lowest BCUT2D eigenvalue weighted by molar-refractivity contribution is -0.137. The largest absolute Gasteiger partial charge is 0.493 e. The summed E-state index contributed by atoms with van der Waals surface area (Å²) in [4.78, 5) is 2.14. The molecule has 1 heterocycles. The number of hydrogen-bond donors (Lipinski definition) is 1. The molecule has 1 aliphatic heterocycles. The van der Waals surface area contributed by atoms with Crippen LogP contribution in [0.5, 0.6) is 5.75 Å². The molecular weight excluding hydrogens is 281 g/mol. The van der Waals surface area contributed by atoms with Crippen molar-refractivity contribution in [3.63, 3.8) is 0 Å². The van der Waals surface area contributed by atoms with Crippen molar-refractivity contribution in [2.24, 2.45) is 0 Å². The predicted molar refractivity (Wildman–Crippen MR) is 75.4 cm³/mol. The molecule has 0 saturated carbocycles. The highest BCUT2D eigenvalue weighted by molar-refractivity contribution is 5.38. The molecule has 0 unspecified atom stereocenters. The highest BCUT2D eigenvalue weighted by Crippen LogP contribution is 2.33. The zero-order valence-electron chi connectivity index (χ0n) is 12.2. The quantitative estimate of drug-likeness (QED) is 0.905. The number of benzene rings is 1. The van der Waals surface area contributed by atoms with E-state index in [4.69, 9.17) is 4.74 Å². The summed E-state index contributed by atoms with van der Waals surface area (Å²) < 4.78 is 44.2. The number of alkyl halides is 3. The summed E-state index contributed by atoms with van der Waals surface area (Å²) in [6, 6.07) is 3.75.